The van der Waals surface area contributed by atoms with Gasteiger partial charge in [-0.1, -0.05) is 104 Å². The fraction of sp³-hybridized carbons (Fsp3) is 0.760. The molecule has 1 unspecified atom stereocenters. The Kier molecular flexibility index (Phi) is 13.0. The van der Waals surface area contributed by atoms with Gasteiger partial charge in [-0.25, -0.2) is 0 Å². The first-order valence-corrected chi connectivity index (χ1v) is 14.7. The van der Waals surface area contributed by atoms with Gasteiger partial charge in [-0.3, -0.25) is 14.5 Å². The highest BCUT2D eigenvalue weighted by atomic mass is 79.9. The van der Waals surface area contributed by atoms with Gasteiger partial charge in [-0.05, 0) is 44.2 Å². The summed E-state index contributed by atoms with van der Waals surface area (Å²) in [6, 6.07) is 0. The molecule has 3 nitrogen and oxygen atoms in total. The molecule has 0 aliphatic carbocycles. The van der Waals surface area contributed by atoms with Crippen molar-refractivity contribution in [2.45, 2.75) is 110 Å². The Morgan fingerprint density at radius 2 is 1.10 bits per heavy atom. The summed E-state index contributed by atoms with van der Waals surface area (Å²) in [5, 5.41) is 0. The minimum absolute atomic E-state index is 0.142. The molecule has 0 saturated carbocycles. The lowest BCUT2D eigenvalue weighted by molar-refractivity contribution is 0.0650. The van der Waals surface area contributed by atoms with Crippen molar-refractivity contribution in [2.24, 2.45) is 5.92 Å². The lowest BCUT2D eigenvalue weighted by Crippen LogP contribution is -2.31. The molecular formula is C25H39Br2NO2S. The molecule has 0 fully saturated rings. The summed E-state index contributed by atoms with van der Waals surface area (Å²) in [5.41, 5.74) is 1.08. The van der Waals surface area contributed by atoms with Crippen LogP contribution in [0.5, 0.6) is 0 Å². The minimum Gasteiger partial charge on any atom is -0.274 e. The normalized spacial score (nSPS) is 14.5. The zero-order chi connectivity index (χ0) is 22.6. The van der Waals surface area contributed by atoms with Crippen LogP contribution < -0.4 is 0 Å². The molecule has 0 saturated heterocycles. The fourth-order valence-corrected chi connectivity index (χ4v) is 7.63. The first-order valence-electron chi connectivity index (χ1n) is 12.3. The van der Waals surface area contributed by atoms with Gasteiger partial charge in [0.15, 0.2) is 0 Å². The first kappa shape index (κ1) is 27.0. The molecule has 1 aliphatic rings. The van der Waals surface area contributed by atoms with Crippen molar-refractivity contribution < 1.29 is 9.59 Å². The number of unbranched alkanes of at least 4 members (excludes halogenated alkanes) is 9. The number of amides is 2. The van der Waals surface area contributed by atoms with Gasteiger partial charge in [0.25, 0.3) is 11.8 Å². The van der Waals surface area contributed by atoms with E-state index in [1.54, 1.807) is 0 Å². The number of thiophene rings is 1. The Morgan fingerprint density at radius 1 is 0.677 bits per heavy atom. The number of carbonyl (C=O) groups excluding carboxylic acids is 2. The van der Waals surface area contributed by atoms with E-state index in [1.807, 2.05) is 0 Å². The van der Waals surface area contributed by atoms with Crippen LogP contribution in [0, 0.1) is 5.92 Å². The molecule has 1 aliphatic heterocycles. The lowest BCUT2D eigenvalue weighted by atomic mass is 9.90. The van der Waals surface area contributed by atoms with Crippen LogP contribution in [-0.2, 0) is 0 Å². The molecule has 1 atom stereocenters. The number of carbonyl (C=O) groups is 2. The molecule has 2 amide bonds. The lowest BCUT2D eigenvalue weighted by Gasteiger charge is -2.18. The van der Waals surface area contributed by atoms with Gasteiger partial charge >= 0.3 is 0 Å². The second kappa shape index (κ2) is 14.8. The van der Waals surface area contributed by atoms with Crippen LogP contribution in [0.25, 0.3) is 0 Å². The average molecular weight is 577 g/mol. The maximum absolute atomic E-state index is 12.7. The van der Waals surface area contributed by atoms with Gasteiger partial charge < -0.3 is 0 Å². The summed E-state index contributed by atoms with van der Waals surface area (Å²) in [5.74, 6) is 0.520. The SMILES string of the molecule is CCCCCCCCC(CCCCCC)CCCCN1C(=O)c2c(Br)sc(Br)c2C1=O. The van der Waals surface area contributed by atoms with Crippen molar-refractivity contribution in [1.29, 1.82) is 0 Å². The van der Waals surface area contributed by atoms with E-state index in [0.717, 1.165) is 26.3 Å². The Hall–Kier alpha value is -0.200. The summed E-state index contributed by atoms with van der Waals surface area (Å²) in [6.07, 6.45) is 19.4. The molecule has 0 N–H and O–H groups in total. The van der Waals surface area contributed by atoms with Crippen molar-refractivity contribution >= 4 is 55.0 Å². The monoisotopic (exact) mass is 575 g/mol. The van der Waals surface area contributed by atoms with Crippen LogP contribution in [0.15, 0.2) is 7.57 Å². The molecule has 0 aromatic carbocycles. The highest BCUT2D eigenvalue weighted by Crippen LogP contribution is 2.42. The molecule has 0 bridgehead atoms. The molecule has 0 radical (unpaired) electrons. The molecule has 2 heterocycles. The quantitative estimate of drug-likeness (QED) is 0.137. The predicted molar refractivity (Wildman–Crippen MR) is 139 cm³/mol. The van der Waals surface area contributed by atoms with Crippen molar-refractivity contribution in [2.75, 3.05) is 6.54 Å². The Labute approximate surface area is 210 Å². The van der Waals surface area contributed by atoms with Crippen molar-refractivity contribution in [3.05, 3.63) is 18.7 Å². The van der Waals surface area contributed by atoms with Crippen LogP contribution in [0.3, 0.4) is 0 Å². The number of imide groups is 1. The van der Waals surface area contributed by atoms with Crippen LogP contribution in [0.4, 0.5) is 0 Å². The molecule has 6 heteroatoms. The molecule has 31 heavy (non-hydrogen) atoms. The largest absolute Gasteiger partial charge is 0.274 e. The second-order valence-corrected chi connectivity index (χ2v) is 12.6. The Balaban J connectivity index is 1.74. The number of fused-ring (bicyclic) bond motifs is 1. The maximum Gasteiger partial charge on any atom is 0.263 e. The number of hydrogen-bond donors (Lipinski definition) is 0. The Bertz CT molecular complexity index is 667. The van der Waals surface area contributed by atoms with Crippen LogP contribution in [0.2, 0.25) is 0 Å². The smallest absolute Gasteiger partial charge is 0.263 e. The van der Waals surface area contributed by atoms with Crippen LogP contribution >= 0.6 is 43.2 Å². The van der Waals surface area contributed by atoms with E-state index in [0.29, 0.717) is 17.7 Å². The fourth-order valence-electron chi connectivity index (χ4n) is 4.53. The van der Waals surface area contributed by atoms with Crippen LogP contribution in [0.1, 0.15) is 131 Å². The zero-order valence-corrected chi connectivity index (χ0v) is 23.3. The third-order valence-corrected chi connectivity index (χ3v) is 8.95. The number of rotatable bonds is 17. The molecule has 176 valence electrons. The highest BCUT2D eigenvalue weighted by Gasteiger charge is 2.40. The van der Waals surface area contributed by atoms with Gasteiger partial charge in [0.1, 0.15) is 0 Å². The van der Waals surface area contributed by atoms with E-state index in [4.69, 9.17) is 0 Å². The van der Waals surface area contributed by atoms with Gasteiger partial charge in [-0.2, -0.15) is 0 Å². The summed E-state index contributed by atoms with van der Waals surface area (Å²) in [4.78, 5) is 26.8. The van der Waals surface area contributed by atoms with Gasteiger partial charge in [0, 0.05) is 6.54 Å². The van der Waals surface area contributed by atoms with Gasteiger partial charge in [0.05, 0.1) is 18.7 Å². The van der Waals surface area contributed by atoms with E-state index >= 15 is 0 Å². The van der Waals surface area contributed by atoms with E-state index in [1.165, 1.54) is 99.7 Å². The second-order valence-electron chi connectivity index (χ2n) is 8.93. The molecule has 1 aromatic heterocycles. The zero-order valence-electron chi connectivity index (χ0n) is 19.3. The number of nitrogens with zero attached hydrogens (tertiary/aromatic N) is 1. The van der Waals surface area contributed by atoms with Gasteiger partial charge in [0.2, 0.25) is 0 Å². The van der Waals surface area contributed by atoms with E-state index in [2.05, 4.69) is 45.7 Å². The average Bonchev–Trinajstić information content (AvgIpc) is 3.18. The maximum atomic E-state index is 12.7. The third-order valence-electron chi connectivity index (χ3n) is 6.42. The number of halogens is 2. The first-order chi connectivity index (χ1) is 15.0. The topological polar surface area (TPSA) is 37.4 Å². The highest BCUT2D eigenvalue weighted by molar-refractivity contribution is 9.12. The van der Waals surface area contributed by atoms with Crippen LogP contribution in [-0.4, -0.2) is 23.3 Å². The Morgan fingerprint density at radius 3 is 1.61 bits per heavy atom. The predicted octanol–water partition coefficient (Wildman–Crippen LogP) is 9.38. The summed E-state index contributed by atoms with van der Waals surface area (Å²) in [7, 11) is 0. The summed E-state index contributed by atoms with van der Waals surface area (Å²) >= 11 is 8.27. The van der Waals surface area contributed by atoms with E-state index in [-0.39, 0.29) is 11.8 Å². The van der Waals surface area contributed by atoms with E-state index < -0.39 is 0 Å². The third kappa shape index (κ3) is 8.26. The van der Waals surface area contributed by atoms with Gasteiger partial charge in [-0.15, -0.1) is 11.3 Å². The standard InChI is InChI=1S/C25H39Br2NO2S/c1-3-5-7-9-10-12-16-19(15-11-8-6-4-2)17-13-14-18-28-24(29)20-21(25(28)30)23(27)31-22(20)26/h19H,3-18H2,1-2H3. The van der Waals surface area contributed by atoms with Crippen molar-refractivity contribution in [3.8, 4) is 0 Å². The summed E-state index contributed by atoms with van der Waals surface area (Å²) in [6.45, 7) is 5.08. The molecule has 2 rings (SSSR count). The summed E-state index contributed by atoms with van der Waals surface area (Å²) < 4.78 is 1.50. The van der Waals surface area contributed by atoms with E-state index in [9.17, 15) is 9.59 Å². The molecule has 0 spiro atoms. The number of hydrogen-bond acceptors (Lipinski definition) is 3. The van der Waals surface area contributed by atoms with Crippen molar-refractivity contribution in [1.82, 2.24) is 4.90 Å². The molecule has 1 aromatic rings. The molecular weight excluding hydrogens is 538 g/mol. The minimum atomic E-state index is -0.142. The van der Waals surface area contributed by atoms with Crippen molar-refractivity contribution in [3.63, 3.8) is 0 Å².